The van der Waals surface area contributed by atoms with Crippen molar-refractivity contribution in [3.05, 3.63) is 65.2 Å². The topological polar surface area (TPSA) is 44.1 Å². The molecule has 0 bridgehead atoms. The van der Waals surface area contributed by atoms with Gasteiger partial charge in [-0.2, -0.15) is 5.26 Å². The van der Waals surface area contributed by atoms with Crippen LogP contribution in [0.3, 0.4) is 0 Å². The zero-order valence-electron chi connectivity index (χ0n) is 11.7. The molecule has 0 saturated heterocycles. The number of rotatable bonds is 3. The number of para-hydroxylation sites is 1. The molecule has 0 radical (unpaired) electrons. The summed E-state index contributed by atoms with van der Waals surface area (Å²) in [5, 5.41) is 8.66. The third kappa shape index (κ3) is 2.66. The molecule has 0 aliphatic carbocycles. The molecule has 1 aliphatic rings. The third-order valence-electron chi connectivity index (χ3n) is 3.84. The molecule has 1 amide bonds. The minimum absolute atomic E-state index is 0.0642. The number of anilines is 1. The quantitative estimate of drug-likeness (QED) is 0.863. The molecule has 3 heteroatoms. The fourth-order valence-corrected chi connectivity index (χ4v) is 2.75. The van der Waals surface area contributed by atoms with Crippen LogP contribution in [0.1, 0.15) is 27.9 Å². The van der Waals surface area contributed by atoms with Crippen LogP contribution in [-0.2, 0) is 12.8 Å². The van der Waals surface area contributed by atoms with Crippen molar-refractivity contribution >= 4 is 11.6 Å². The van der Waals surface area contributed by atoms with Gasteiger partial charge in [0.15, 0.2) is 0 Å². The van der Waals surface area contributed by atoms with E-state index >= 15 is 0 Å². The van der Waals surface area contributed by atoms with Crippen molar-refractivity contribution in [1.29, 1.82) is 5.26 Å². The predicted molar refractivity (Wildman–Crippen MR) is 82.2 cm³/mol. The number of fused-ring (bicyclic) bond motifs is 1. The molecule has 0 aromatic heterocycles. The van der Waals surface area contributed by atoms with Crippen molar-refractivity contribution in [3.8, 4) is 6.07 Å². The zero-order valence-corrected chi connectivity index (χ0v) is 11.7. The lowest BCUT2D eigenvalue weighted by atomic mass is 9.95. The second kappa shape index (κ2) is 5.80. The molecule has 0 saturated carbocycles. The van der Waals surface area contributed by atoms with E-state index in [4.69, 9.17) is 5.26 Å². The summed E-state index contributed by atoms with van der Waals surface area (Å²) in [5.41, 5.74) is 3.96. The van der Waals surface area contributed by atoms with Crippen LogP contribution in [0, 0.1) is 11.3 Å². The van der Waals surface area contributed by atoms with Gasteiger partial charge in [-0.15, -0.1) is 0 Å². The van der Waals surface area contributed by atoms with Crippen molar-refractivity contribution < 1.29 is 4.79 Å². The molecule has 0 fully saturated rings. The largest absolute Gasteiger partial charge is 0.308 e. The van der Waals surface area contributed by atoms with Crippen LogP contribution in [0.25, 0.3) is 0 Å². The van der Waals surface area contributed by atoms with Gasteiger partial charge in [0.2, 0.25) is 0 Å². The zero-order chi connectivity index (χ0) is 14.7. The van der Waals surface area contributed by atoms with Gasteiger partial charge in [-0.25, -0.2) is 0 Å². The van der Waals surface area contributed by atoms with E-state index in [9.17, 15) is 4.79 Å². The molecule has 0 N–H and O–H groups in total. The standard InChI is InChI=1S/C18H16N2O/c19-11-4-5-14-8-9-17-15(13-14)10-12-20(18(17)21)16-6-2-1-3-7-16/h1-3,6-9,13H,4-5,10,12H2. The molecular weight excluding hydrogens is 260 g/mol. The number of carbonyl (C=O) groups excluding carboxylic acids is 1. The maximum absolute atomic E-state index is 12.6. The van der Waals surface area contributed by atoms with Gasteiger partial charge in [0.25, 0.3) is 5.91 Å². The molecule has 0 atom stereocenters. The van der Waals surface area contributed by atoms with E-state index in [0.29, 0.717) is 13.0 Å². The van der Waals surface area contributed by atoms with Crippen molar-refractivity contribution in [2.24, 2.45) is 0 Å². The van der Waals surface area contributed by atoms with Gasteiger partial charge in [0, 0.05) is 24.2 Å². The van der Waals surface area contributed by atoms with Gasteiger partial charge in [0.1, 0.15) is 0 Å². The Hall–Kier alpha value is -2.60. The van der Waals surface area contributed by atoms with Gasteiger partial charge in [-0.05, 0) is 42.2 Å². The lowest BCUT2D eigenvalue weighted by Gasteiger charge is -2.29. The van der Waals surface area contributed by atoms with E-state index in [0.717, 1.165) is 35.2 Å². The number of hydrogen-bond acceptors (Lipinski definition) is 2. The normalized spacial score (nSPS) is 13.7. The number of carbonyl (C=O) groups is 1. The van der Waals surface area contributed by atoms with Gasteiger partial charge in [-0.1, -0.05) is 30.3 Å². The molecule has 1 aliphatic heterocycles. The first-order valence-corrected chi connectivity index (χ1v) is 7.15. The minimum atomic E-state index is 0.0642. The Morgan fingerprint density at radius 3 is 2.71 bits per heavy atom. The molecule has 3 rings (SSSR count). The maximum Gasteiger partial charge on any atom is 0.258 e. The van der Waals surface area contributed by atoms with E-state index < -0.39 is 0 Å². The summed E-state index contributed by atoms with van der Waals surface area (Å²) in [6.45, 7) is 0.706. The molecule has 0 unspecified atom stereocenters. The second-order valence-corrected chi connectivity index (χ2v) is 5.19. The van der Waals surface area contributed by atoms with Crippen LogP contribution >= 0.6 is 0 Å². The molecule has 2 aromatic rings. The Bertz CT molecular complexity index is 701. The Balaban J connectivity index is 1.87. The van der Waals surface area contributed by atoms with Gasteiger partial charge < -0.3 is 4.90 Å². The van der Waals surface area contributed by atoms with Crippen LogP contribution in [0.4, 0.5) is 5.69 Å². The number of nitriles is 1. The van der Waals surface area contributed by atoms with Crippen LogP contribution < -0.4 is 4.90 Å². The second-order valence-electron chi connectivity index (χ2n) is 5.19. The molecule has 21 heavy (non-hydrogen) atoms. The number of benzene rings is 2. The summed E-state index contributed by atoms with van der Waals surface area (Å²) in [5.74, 6) is 0.0642. The van der Waals surface area contributed by atoms with E-state index in [1.807, 2.05) is 47.4 Å². The van der Waals surface area contributed by atoms with Crippen molar-refractivity contribution in [2.75, 3.05) is 11.4 Å². The van der Waals surface area contributed by atoms with Crippen molar-refractivity contribution in [1.82, 2.24) is 0 Å². The van der Waals surface area contributed by atoms with Gasteiger partial charge in [0.05, 0.1) is 6.07 Å². The van der Waals surface area contributed by atoms with Gasteiger partial charge in [-0.3, -0.25) is 4.79 Å². The van der Waals surface area contributed by atoms with Gasteiger partial charge >= 0.3 is 0 Å². The summed E-state index contributed by atoms with van der Waals surface area (Å²) in [6, 6.07) is 17.9. The first-order valence-electron chi connectivity index (χ1n) is 7.15. The van der Waals surface area contributed by atoms with E-state index in [-0.39, 0.29) is 5.91 Å². The lowest BCUT2D eigenvalue weighted by Crippen LogP contribution is -2.37. The average Bonchev–Trinajstić information content (AvgIpc) is 2.54. The fourth-order valence-electron chi connectivity index (χ4n) is 2.75. The summed E-state index contributed by atoms with van der Waals surface area (Å²) < 4.78 is 0. The van der Waals surface area contributed by atoms with Crippen molar-refractivity contribution in [2.45, 2.75) is 19.3 Å². The number of amides is 1. The molecule has 3 nitrogen and oxygen atoms in total. The summed E-state index contributed by atoms with van der Waals surface area (Å²) in [7, 11) is 0. The molecule has 2 aromatic carbocycles. The highest BCUT2D eigenvalue weighted by Crippen LogP contribution is 2.25. The van der Waals surface area contributed by atoms with Crippen LogP contribution in [-0.4, -0.2) is 12.5 Å². The maximum atomic E-state index is 12.6. The highest BCUT2D eigenvalue weighted by molar-refractivity contribution is 6.08. The first kappa shape index (κ1) is 13.4. The molecule has 104 valence electrons. The molecular formula is C18H16N2O. The highest BCUT2D eigenvalue weighted by atomic mass is 16.2. The third-order valence-corrected chi connectivity index (χ3v) is 3.84. The van der Waals surface area contributed by atoms with Crippen LogP contribution in [0.15, 0.2) is 48.5 Å². The minimum Gasteiger partial charge on any atom is -0.308 e. The van der Waals surface area contributed by atoms with E-state index in [2.05, 4.69) is 12.1 Å². The Morgan fingerprint density at radius 1 is 1.14 bits per heavy atom. The summed E-state index contributed by atoms with van der Waals surface area (Å²) in [4.78, 5) is 14.4. The Kier molecular flexibility index (Phi) is 3.70. The summed E-state index contributed by atoms with van der Waals surface area (Å²) in [6.07, 6.45) is 2.12. The fraction of sp³-hybridized carbons (Fsp3) is 0.222. The molecule has 0 spiro atoms. The lowest BCUT2D eigenvalue weighted by molar-refractivity contribution is 0.0980. The number of aryl methyl sites for hydroxylation is 1. The highest BCUT2D eigenvalue weighted by Gasteiger charge is 2.25. The predicted octanol–water partition coefficient (Wildman–Crippen LogP) is 3.35. The summed E-state index contributed by atoms with van der Waals surface area (Å²) >= 11 is 0. The average molecular weight is 276 g/mol. The monoisotopic (exact) mass is 276 g/mol. The number of nitrogens with zero attached hydrogens (tertiary/aromatic N) is 2. The SMILES string of the molecule is N#CCCc1ccc2c(c1)CCN(c1ccccc1)C2=O. The van der Waals surface area contributed by atoms with Crippen molar-refractivity contribution in [3.63, 3.8) is 0 Å². The number of hydrogen-bond donors (Lipinski definition) is 0. The van der Waals surface area contributed by atoms with E-state index in [1.54, 1.807) is 0 Å². The molecule has 1 heterocycles. The van der Waals surface area contributed by atoms with Crippen LogP contribution in [0.2, 0.25) is 0 Å². The first-order chi connectivity index (χ1) is 10.3. The Morgan fingerprint density at radius 2 is 1.95 bits per heavy atom. The van der Waals surface area contributed by atoms with E-state index in [1.165, 1.54) is 0 Å². The Labute approximate surface area is 124 Å². The van der Waals surface area contributed by atoms with Crippen LogP contribution in [0.5, 0.6) is 0 Å². The smallest absolute Gasteiger partial charge is 0.258 e.